The molecular formula is C11H16O. The maximum atomic E-state index is 9.43. The minimum atomic E-state index is -0.221. The molecule has 0 saturated heterocycles. The number of aliphatic hydroxyl groups excluding tert-OH is 1. The van der Waals surface area contributed by atoms with Crippen LogP contribution in [-0.4, -0.2) is 11.2 Å². The van der Waals surface area contributed by atoms with Crippen molar-refractivity contribution in [3.8, 4) is 11.8 Å². The van der Waals surface area contributed by atoms with Crippen molar-refractivity contribution in [1.82, 2.24) is 0 Å². The highest BCUT2D eigenvalue weighted by Gasteiger charge is 2.07. The number of hydrogen-bond acceptors (Lipinski definition) is 1. The molecule has 0 aliphatic heterocycles. The van der Waals surface area contributed by atoms with E-state index in [-0.39, 0.29) is 6.10 Å². The van der Waals surface area contributed by atoms with E-state index in [2.05, 4.69) is 11.8 Å². The third-order valence-electron chi connectivity index (χ3n) is 2.17. The molecule has 1 atom stereocenters. The first-order valence-corrected chi connectivity index (χ1v) is 4.60. The Kier molecular flexibility index (Phi) is 3.90. The van der Waals surface area contributed by atoms with Gasteiger partial charge in [0.05, 0.1) is 6.10 Å². The van der Waals surface area contributed by atoms with Gasteiger partial charge in [-0.2, -0.15) is 0 Å². The second-order valence-electron chi connectivity index (χ2n) is 3.24. The van der Waals surface area contributed by atoms with E-state index < -0.39 is 0 Å². The Morgan fingerprint density at radius 3 is 3.17 bits per heavy atom. The first-order valence-electron chi connectivity index (χ1n) is 4.60. The molecule has 1 rings (SSSR count). The highest BCUT2D eigenvalue weighted by molar-refractivity contribution is 5.15. The Labute approximate surface area is 74.5 Å². The molecule has 0 radical (unpaired) electrons. The molecule has 0 aromatic carbocycles. The Hall–Kier alpha value is -0.740. The summed E-state index contributed by atoms with van der Waals surface area (Å²) < 4.78 is 0. The summed E-state index contributed by atoms with van der Waals surface area (Å²) in [5.41, 5.74) is 1.31. The third-order valence-corrected chi connectivity index (χ3v) is 2.17. The fourth-order valence-electron chi connectivity index (χ4n) is 1.49. The van der Waals surface area contributed by atoms with E-state index in [9.17, 15) is 5.11 Å². The first-order chi connectivity index (χ1) is 5.83. The summed E-state index contributed by atoms with van der Waals surface area (Å²) >= 11 is 0. The third kappa shape index (κ3) is 3.11. The molecule has 12 heavy (non-hydrogen) atoms. The summed E-state index contributed by atoms with van der Waals surface area (Å²) in [6, 6.07) is 0. The summed E-state index contributed by atoms with van der Waals surface area (Å²) in [6.07, 6.45) is 6.98. The maximum Gasteiger partial charge on any atom is 0.0723 e. The number of rotatable bonds is 1. The molecule has 1 nitrogen and oxygen atoms in total. The average molecular weight is 164 g/mol. The highest BCUT2D eigenvalue weighted by atomic mass is 16.3. The molecule has 1 heteroatoms. The highest BCUT2D eigenvalue weighted by Crippen LogP contribution is 2.19. The van der Waals surface area contributed by atoms with Gasteiger partial charge in [0, 0.05) is 6.42 Å². The molecule has 1 unspecified atom stereocenters. The summed E-state index contributed by atoms with van der Waals surface area (Å²) in [5.74, 6) is 5.91. The molecule has 1 aliphatic rings. The van der Waals surface area contributed by atoms with Gasteiger partial charge >= 0.3 is 0 Å². The zero-order valence-corrected chi connectivity index (χ0v) is 7.64. The number of hydrogen-bond donors (Lipinski definition) is 1. The van der Waals surface area contributed by atoms with Crippen LogP contribution in [0, 0.1) is 11.8 Å². The zero-order chi connectivity index (χ0) is 8.81. The van der Waals surface area contributed by atoms with Gasteiger partial charge in [-0.05, 0) is 26.2 Å². The molecular weight excluding hydrogens is 148 g/mol. The molecule has 66 valence electrons. The van der Waals surface area contributed by atoms with Gasteiger partial charge in [0.25, 0.3) is 0 Å². The molecule has 0 saturated carbocycles. The fourth-order valence-corrected chi connectivity index (χ4v) is 1.49. The van der Waals surface area contributed by atoms with Crippen molar-refractivity contribution in [3.63, 3.8) is 0 Å². The summed E-state index contributed by atoms with van der Waals surface area (Å²) in [6.45, 7) is 1.85. The van der Waals surface area contributed by atoms with Gasteiger partial charge < -0.3 is 5.11 Å². The molecule has 0 spiro atoms. The number of aliphatic hydroxyl groups is 1. The second kappa shape index (κ2) is 5.00. The average Bonchev–Trinajstić information content (AvgIpc) is 2.26. The first kappa shape index (κ1) is 9.35. The largest absolute Gasteiger partial charge is 0.389 e. The lowest BCUT2D eigenvalue weighted by Gasteiger charge is -2.01. The van der Waals surface area contributed by atoms with Crippen LogP contribution >= 0.6 is 0 Å². The minimum Gasteiger partial charge on any atom is -0.389 e. The van der Waals surface area contributed by atoms with Crippen LogP contribution in [0.1, 0.15) is 39.0 Å². The van der Waals surface area contributed by atoms with Crippen molar-refractivity contribution >= 4 is 0 Å². The monoisotopic (exact) mass is 164 g/mol. The van der Waals surface area contributed by atoms with Crippen molar-refractivity contribution in [1.29, 1.82) is 0 Å². The van der Waals surface area contributed by atoms with Crippen LogP contribution in [0.2, 0.25) is 0 Å². The summed E-state index contributed by atoms with van der Waals surface area (Å²) in [7, 11) is 0. The van der Waals surface area contributed by atoms with Gasteiger partial charge in [0.15, 0.2) is 0 Å². The second-order valence-corrected chi connectivity index (χ2v) is 3.24. The van der Waals surface area contributed by atoms with Crippen LogP contribution in [0.3, 0.4) is 0 Å². The van der Waals surface area contributed by atoms with Gasteiger partial charge in [-0.15, -0.1) is 5.92 Å². The molecule has 0 aromatic heterocycles. The van der Waals surface area contributed by atoms with Gasteiger partial charge in [-0.1, -0.05) is 24.0 Å². The van der Waals surface area contributed by atoms with E-state index in [4.69, 9.17) is 0 Å². The molecule has 0 bridgehead atoms. The van der Waals surface area contributed by atoms with Gasteiger partial charge in [0.1, 0.15) is 0 Å². The minimum absolute atomic E-state index is 0.221. The maximum absolute atomic E-state index is 9.43. The predicted octanol–water partition coefficient (Wildman–Crippen LogP) is 2.26. The lowest BCUT2D eigenvalue weighted by molar-refractivity contribution is 0.211. The normalized spacial score (nSPS) is 23.5. The van der Waals surface area contributed by atoms with Crippen molar-refractivity contribution in [2.45, 2.75) is 45.1 Å². The van der Waals surface area contributed by atoms with E-state index in [1.54, 1.807) is 0 Å². The van der Waals surface area contributed by atoms with Crippen molar-refractivity contribution in [2.75, 3.05) is 0 Å². The van der Waals surface area contributed by atoms with E-state index in [0.29, 0.717) is 0 Å². The molecule has 1 N–H and O–H groups in total. The van der Waals surface area contributed by atoms with Gasteiger partial charge in [-0.3, -0.25) is 0 Å². The van der Waals surface area contributed by atoms with E-state index >= 15 is 0 Å². The molecule has 0 heterocycles. The van der Waals surface area contributed by atoms with Crippen LogP contribution in [0.15, 0.2) is 11.6 Å². The number of allylic oxidation sites excluding steroid dienone is 1. The molecule has 0 fully saturated rings. The van der Waals surface area contributed by atoms with E-state index in [1.807, 2.05) is 13.0 Å². The van der Waals surface area contributed by atoms with Crippen molar-refractivity contribution in [3.05, 3.63) is 11.6 Å². The Balaban J connectivity index is 2.51. The summed E-state index contributed by atoms with van der Waals surface area (Å²) in [4.78, 5) is 0. The van der Waals surface area contributed by atoms with Gasteiger partial charge in [-0.25, -0.2) is 0 Å². The fraction of sp³-hybridized carbons (Fsp3) is 0.636. The van der Waals surface area contributed by atoms with Crippen molar-refractivity contribution in [2.24, 2.45) is 0 Å². The zero-order valence-electron chi connectivity index (χ0n) is 7.64. The predicted molar refractivity (Wildman–Crippen MR) is 50.6 cm³/mol. The lowest BCUT2D eigenvalue weighted by atomic mass is 10.1. The van der Waals surface area contributed by atoms with Crippen LogP contribution in [0.4, 0.5) is 0 Å². The molecule has 1 aliphatic carbocycles. The quantitative estimate of drug-likeness (QED) is 0.465. The van der Waals surface area contributed by atoms with Crippen LogP contribution in [-0.2, 0) is 0 Å². The van der Waals surface area contributed by atoms with Crippen LogP contribution in [0.25, 0.3) is 0 Å². The van der Waals surface area contributed by atoms with Crippen LogP contribution in [0.5, 0.6) is 0 Å². The van der Waals surface area contributed by atoms with Crippen molar-refractivity contribution < 1.29 is 5.11 Å². The molecule has 0 amide bonds. The van der Waals surface area contributed by atoms with Crippen LogP contribution < -0.4 is 0 Å². The van der Waals surface area contributed by atoms with E-state index in [0.717, 1.165) is 25.7 Å². The van der Waals surface area contributed by atoms with E-state index in [1.165, 1.54) is 12.0 Å². The lowest BCUT2D eigenvalue weighted by Crippen LogP contribution is -2.00. The molecule has 0 aromatic rings. The Morgan fingerprint density at radius 1 is 1.58 bits per heavy atom. The standard InChI is InChI=1S/C11H16O/c1-2-3-6-10-7-4-5-8-11(12)9-10/h9,11-12H,4-8H2,1H3. The topological polar surface area (TPSA) is 20.2 Å². The SMILES string of the molecule is CC#CCC1=CC(O)CCCC1. The van der Waals surface area contributed by atoms with Gasteiger partial charge in [0.2, 0.25) is 0 Å². The Morgan fingerprint density at radius 2 is 2.42 bits per heavy atom. The Bertz CT molecular complexity index is 217. The smallest absolute Gasteiger partial charge is 0.0723 e. The summed E-state index contributed by atoms with van der Waals surface area (Å²) in [5, 5.41) is 9.43.